The van der Waals surface area contributed by atoms with Crippen LogP contribution in [0.3, 0.4) is 0 Å². The summed E-state index contributed by atoms with van der Waals surface area (Å²) >= 11 is 8.08. The summed E-state index contributed by atoms with van der Waals surface area (Å²) < 4.78 is 6.65. The SMILES string of the molecule is O=C(NC1CC2CCC1O2)c1cc(Cl)ccc1I. The van der Waals surface area contributed by atoms with E-state index in [2.05, 4.69) is 27.9 Å². The van der Waals surface area contributed by atoms with Crippen molar-refractivity contribution in [2.75, 3.05) is 0 Å². The van der Waals surface area contributed by atoms with E-state index in [1.807, 2.05) is 6.07 Å². The lowest BCUT2D eigenvalue weighted by Crippen LogP contribution is -2.41. The lowest BCUT2D eigenvalue weighted by Gasteiger charge is -2.20. The molecule has 0 radical (unpaired) electrons. The van der Waals surface area contributed by atoms with E-state index in [1.165, 1.54) is 0 Å². The number of hydrogen-bond acceptors (Lipinski definition) is 2. The quantitative estimate of drug-likeness (QED) is 0.805. The predicted octanol–water partition coefficient (Wildman–Crippen LogP) is 2.99. The van der Waals surface area contributed by atoms with Gasteiger partial charge in [0, 0.05) is 8.59 Å². The van der Waals surface area contributed by atoms with Crippen molar-refractivity contribution in [1.82, 2.24) is 5.32 Å². The first kappa shape index (κ1) is 12.7. The highest BCUT2D eigenvalue weighted by atomic mass is 127. The first-order valence-corrected chi connectivity index (χ1v) is 7.50. The zero-order valence-corrected chi connectivity index (χ0v) is 12.6. The van der Waals surface area contributed by atoms with E-state index in [1.54, 1.807) is 12.1 Å². The van der Waals surface area contributed by atoms with Crippen LogP contribution in [-0.4, -0.2) is 24.2 Å². The maximum absolute atomic E-state index is 12.2. The lowest BCUT2D eigenvalue weighted by atomic mass is 9.95. The van der Waals surface area contributed by atoms with Gasteiger partial charge in [0.05, 0.1) is 23.8 Å². The topological polar surface area (TPSA) is 38.3 Å². The molecule has 3 unspecified atom stereocenters. The lowest BCUT2D eigenvalue weighted by molar-refractivity contribution is 0.0840. The first-order valence-electron chi connectivity index (χ1n) is 6.05. The van der Waals surface area contributed by atoms with Crippen molar-refractivity contribution in [3.05, 3.63) is 32.4 Å². The molecule has 5 heteroatoms. The van der Waals surface area contributed by atoms with Gasteiger partial charge in [-0.05, 0) is 60.1 Å². The van der Waals surface area contributed by atoms with E-state index in [0.29, 0.717) is 16.7 Å². The molecule has 3 nitrogen and oxygen atoms in total. The van der Waals surface area contributed by atoms with Gasteiger partial charge in [0.2, 0.25) is 0 Å². The number of carbonyl (C=O) groups excluding carboxylic acids is 1. The minimum absolute atomic E-state index is 0.0527. The fourth-order valence-electron chi connectivity index (χ4n) is 2.71. The fraction of sp³-hybridized carbons (Fsp3) is 0.462. The largest absolute Gasteiger partial charge is 0.373 e. The Hall–Kier alpha value is -0.330. The van der Waals surface area contributed by atoms with Gasteiger partial charge in [-0.2, -0.15) is 0 Å². The fourth-order valence-corrected chi connectivity index (χ4v) is 3.46. The molecule has 2 fully saturated rings. The molecule has 2 saturated heterocycles. The van der Waals surface area contributed by atoms with Gasteiger partial charge < -0.3 is 10.1 Å². The minimum atomic E-state index is -0.0527. The van der Waals surface area contributed by atoms with Gasteiger partial charge in [0.1, 0.15) is 0 Å². The Bertz CT molecular complexity index is 494. The van der Waals surface area contributed by atoms with Gasteiger partial charge in [0.15, 0.2) is 0 Å². The van der Waals surface area contributed by atoms with Crippen molar-refractivity contribution in [3.63, 3.8) is 0 Å². The molecule has 0 aliphatic carbocycles. The van der Waals surface area contributed by atoms with Crippen LogP contribution in [-0.2, 0) is 4.74 Å². The van der Waals surface area contributed by atoms with Crippen LogP contribution in [0.5, 0.6) is 0 Å². The average molecular weight is 378 g/mol. The van der Waals surface area contributed by atoms with Crippen LogP contribution in [0.2, 0.25) is 5.02 Å². The van der Waals surface area contributed by atoms with Gasteiger partial charge in [-0.15, -0.1) is 0 Å². The minimum Gasteiger partial charge on any atom is -0.373 e. The van der Waals surface area contributed by atoms with E-state index < -0.39 is 0 Å². The third-order valence-corrected chi connectivity index (χ3v) is 4.77. The molecule has 0 aromatic heterocycles. The number of fused-ring (bicyclic) bond motifs is 2. The molecule has 18 heavy (non-hydrogen) atoms. The number of rotatable bonds is 2. The van der Waals surface area contributed by atoms with Crippen LogP contribution in [0, 0.1) is 3.57 Å². The second-order valence-corrected chi connectivity index (χ2v) is 6.41. The third-order valence-electron chi connectivity index (χ3n) is 3.60. The van der Waals surface area contributed by atoms with Gasteiger partial charge in [-0.25, -0.2) is 0 Å². The van der Waals surface area contributed by atoms with Crippen molar-refractivity contribution in [1.29, 1.82) is 0 Å². The third kappa shape index (κ3) is 2.38. The number of ether oxygens (including phenoxy) is 1. The molecule has 1 N–H and O–H groups in total. The van der Waals surface area contributed by atoms with Crippen LogP contribution in [0.1, 0.15) is 29.6 Å². The molecule has 1 amide bonds. The van der Waals surface area contributed by atoms with Crippen molar-refractivity contribution in [2.45, 2.75) is 37.5 Å². The van der Waals surface area contributed by atoms with Gasteiger partial charge in [-0.1, -0.05) is 11.6 Å². The molecule has 96 valence electrons. The van der Waals surface area contributed by atoms with Crippen LogP contribution < -0.4 is 5.32 Å². The second-order valence-electron chi connectivity index (χ2n) is 4.81. The number of carbonyl (C=O) groups is 1. The molecule has 1 aromatic carbocycles. The Balaban J connectivity index is 1.73. The van der Waals surface area contributed by atoms with Crippen LogP contribution in [0.4, 0.5) is 0 Å². The van der Waals surface area contributed by atoms with Gasteiger partial charge >= 0.3 is 0 Å². The smallest absolute Gasteiger partial charge is 0.252 e. The molecule has 2 heterocycles. The molecule has 2 aliphatic heterocycles. The monoisotopic (exact) mass is 377 g/mol. The number of benzene rings is 1. The number of nitrogens with one attached hydrogen (secondary N) is 1. The van der Waals surface area contributed by atoms with Gasteiger partial charge in [0.25, 0.3) is 5.91 Å². The van der Waals surface area contributed by atoms with E-state index in [-0.39, 0.29) is 18.1 Å². The average Bonchev–Trinajstić information content (AvgIpc) is 2.94. The van der Waals surface area contributed by atoms with Crippen LogP contribution >= 0.6 is 34.2 Å². The summed E-state index contributed by atoms with van der Waals surface area (Å²) in [4.78, 5) is 12.2. The summed E-state index contributed by atoms with van der Waals surface area (Å²) in [6.07, 6.45) is 3.68. The standard InChI is InChI=1S/C13H13ClINO2/c14-7-1-3-10(15)9(5-7)13(17)16-11-6-8-2-4-12(11)18-8/h1,3,5,8,11-12H,2,4,6H2,(H,16,17). The highest BCUT2D eigenvalue weighted by Gasteiger charge is 2.41. The molecule has 1 aromatic rings. The summed E-state index contributed by atoms with van der Waals surface area (Å²) in [5.41, 5.74) is 0.644. The second kappa shape index (κ2) is 4.98. The van der Waals surface area contributed by atoms with E-state index in [4.69, 9.17) is 16.3 Å². The summed E-state index contributed by atoms with van der Waals surface area (Å²) in [7, 11) is 0. The zero-order valence-electron chi connectivity index (χ0n) is 9.66. The molecule has 3 atom stereocenters. The maximum Gasteiger partial charge on any atom is 0.252 e. The first-order chi connectivity index (χ1) is 8.63. The predicted molar refractivity (Wildman–Crippen MR) is 77.9 cm³/mol. The normalized spacial score (nSPS) is 29.6. The zero-order chi connectivity index (χ0) is 12.7. The van der Waals surface area contributed by atoms with E-state index in [0.717, 1.165) is 22.8 Å². The molecule has 2 bridgehead atoms. The number of amides is 1. The molecule has 0 spiro atoms. The summed E-state index contributed by atoms with van der Waals surface area (Å²) in [5, 5.41) is 3.65. The Morgan fingerprint density at radius 3 is 2.94 bits per heavy atom. The van der Waals surface area contributed by atoms with Crippen LogP contribution in [0.25, 0.3) is 0 Å². The molecule has 2 aliphatic rings. The maximum atomic E-state index is 12.2. The summed E-state index contributed by atoms with van der Waals surface area (Å²) in [6, 6.07) is 5.52. The number of halogens is 2. The highest BCUT2D eigenvalue weighted by molar-refractivity contribution is 14.1. The Morgan fingerprint density at radius 1 is 1.44 bits per heavy atom. The molecular weight excluding hydrogens is 365 g/mol. The summed E-state index contributed by atoms with van der Waals surface area (Å²) in [6.45, 7) is 0. The van der Waals surface area contributed by atoms with Crippen molar-refractivity contribution >= 4 is 40.1 Å². The number of hydrogen-bond donors (Lipinski definition) is 1. The Labute approximate surface area is 124 Å². The highest BCUT2D eigenvalue weighted by Crippen LogP contribution is 2.34. The Kier molecular flexibility index (Phi) is 3.51. The Morgan fingerprint density at radius 2 is 2.28 bits per heavy atom. The molecule has 3 rings (SSSR count). The van der Waals surface area contributed by atoms with E-state index >= 15 is 0 Å². The van der Waals surface area contributed by atoms with Crippen molar-refractivity contribution in [3.8, 4) is 0 Å². The van der Waals surface area contributed by atoms with Crippen molar-refractivity contribution < 1.29 is 9.53 Å². The summed E-state index contributed by atoms with van der Waals surface area (Å²) in [5.74, 6) is -0.0527. The molecule has 0 saturated carbocycles. The molecular formula is C13H13ClINO2. The van der Waals surface area contributed by atoms with Crippen LogP contribution in [0.15, 0.2) is 18.2 Å². The van der Waals surface area contributed by atoms with E-state index in [9.17, 15) is 4.79 Å². The van der Waals surface area contributed by atoms with Crippen molar-refractivity contribution in [2.24, 2.45) is 0 Å². The van der Waals surface area contributed by atoms with Gasteiger partial charge in [-0.3, -0.25) is 4.79 Å².